The molecule has 0 saturated carbocycles. The Kier molecular flexibility index (Phi) is 7.60. The maximum absolute atomic E-state index is 12.5. The zero-order valence-electron chi connectivity index (χ0n) is 19.1. The highest BCUT2D eigenvalue weighted by molar-refractivity contribution is 8.76. The molecule has 0 aliphatic rings. The van der Waals surface area contributed by atoms with E-state index in [2.05, 4.69) is 50.0 Å². The maximum Gasteiger partial charge on any atom is 0.235 e. The maximum atomic E-state index is 12.5. The van der Waals surface area contributed by atoms with Gasteiger partial charge in [0.05, 0.1) is 11.4 Å². The molecule has 0 aliphatic heterocycles. The molecule has 0 unspecified atom stereocenters. The number of aromatic nitrogens is 4. The van der Waals surface area contributed by atoms with Crippen LogP contribution in [0.3, 0.4) is 0 Å². The van der Waals surface area contributed by atoms with Gasteiger partial charge in [-0.1, -0.05) is 65.4 Å². The zero-order chi connectivity index (χ0) is 24.6. The first-order valence-corrected chi connectivity index (χ1v) is 13.5. The molecule has 1 amide bonds. The van der Waals surface area contributed by atoms with Gasteiger partial charge in [0.2, 0.25) is 11.1 Å². The Morgan fingerprint density at radius 3 is 1.92 bits per heavy atom. The van der Waals surface area contributed by atoms with E-state index in [1.165, 1.54) is 21.6 Å². The zero-order valence-corrected chi connectivity index (χ0v) is 20.8. The van der Waals surface area contributed by atoms with Gasteiger partial charge >= 0.3 is 0 Å². The SMILES string of the molecule is O=C(CSSc1nnnn1-c1ccccc1)Nc1ccc(N(c2ccccc2)c2ccccc2)cc1. The van der Waals surface area contributed by atoms with Gasteiger partial charge in [-0.15, -0.1) is 5.10 Å². The predicted octanol–water partition coefficient (Wildman–Crippen LogP) is 6.51. The van der Waals surface area contributed by atoms with Crippen LogP contribution >= 0.6 is 21.6 Å². The molecule has 0 spiro atoms. The molecule has 9 heteroatoms. The molecule has 178 valence electrons. The summed E-state index contributed by atoms with van der Waals surface area (Å²) < 4.78 is 1.65. The summed E-state index contributed by atoms with van der Waals surface area (Å²) >= 11 is 0. The van der Waals surface area contributed by atoms with Crippen molar-refractivity contribution in [3.8, 4) is 5.69 Å². The van der Waals surface area contributed by atoms with Crippen LogP contribution in [0.4, 0.5) is 22.7 Å². The molecule has 0 atom stereocenters. The summed E-state index contributed by atoms with van der Waals surface area (Å²) in [7, 11) is 2.75. The minimum Gasteiger partial charge on any atom is -0.325 e. The lowest BCUT2D eigenvalue weighted by atomic mass is 10.2. The van der Waals surface area contributed by atoms with Gasteiger partial charge in [0.25, 0.3) is 0 Å². The van der Waals surface area contributed by atoms with E-state index in [0.717, 1.165) is 28.4 Å². The fraction of sp³-hybridized carbons (Fsp3) is 0.0370. The highest BCUT2D eigenvalue weighted by Gasteiger charge is 2.13. The van der Waals surface area contributed by atoms with Crippen LogP contribution in [0.5, 0.6) is 0 Å². The number of rotatable bonds is 9. The molecular formula is C27H22N6OS2. The Morgan fingerprint density at radius 1 is 0.750 bits per heavy atom. The number of para-hydroxylation sites is 3. The van der Waals surface area contributed by atoms with Crippen LogP contribution in [0.15, 0.2) is 120 Å². The average molecular weight is 511 g/mol. The molecule has 1 heterocycles. The number of nitrogens with one attached hydrogen (secondary N) is 1. The Bertz CT molecular complexity index is 1360. The standard InChI is InChI=1S/C27H22N6OS2/c34-26(20-35-36-27-29-30-31-33(27)25-14-8-3-9-15-25)28-21-16-18-24(19-17-21)32(22-10-4-1-5-11-22)23-12-6-2-7-13-23/h1-19H,20H2,(H,28,34). The first-order valence-electron chi connectivity index (χ1n) is 11.2. The molecule has 5 rings (SSSR count). The molecule has 0 saturated heterocycles. The smallest absolute Gasteiger partial charge is 0.235 e. The van der Waals surface area contributed by atoms with Gasteiger partial charge in [0.15, 0.2) is 0 Å². The molecular weight excluding hydrogens is 488 g/mol. The summed E-state index contributed by atoms with van der Waals surface area (Å²) in [6.07, 6.45) is 0. The van der Waals surface area contributed by atoms with Crippen molar-refractivity contribution in [1.29, 1.82) is 0 Å². The van der Waals surface area contributed by atoms with E-state index in [0.29, 0.717) is 5.16 Å². The summed E-state index contributed by atoms with van der Waals surface area (Å²) in [4.78, 5) is 14.7. The van der Waals surface area contributed by atoms with E-state index in [1.807, 2.05) is 91.0 Å². The lowest BCUT2D eigenvalue weighted by Crippen LogP contribution is -2.14. The van der Waals surface area contributed by atoms with Crippen molar-refractivity contribution in [2.75, 3.05) is 16.0 Å². The van der Waals surface area contributed by atoms with E-state index >= 15 is 0 Å². The quantitative estimate of drug-likeness (QED) is 0.227. The highest BCUT2D eigenvalue weighted by Crippen LogP contribution is 2.35. The van der Waals surface area contributed by atoms with Gasteiger partial charge in [-0.2, -0.15) is 4.68 Å². The number of hydrogen-bond acceptors (Lipinski definition) is 7. The number of tetrazole rings is 1. The van der Waals surface area contributed by atoms with E-state index in [-0.39, 0.29) is 11.7 Å². The van der Waals surface area contributed by atoms with Gasteiger partial charge in [-0.25, -0.2) is 0 Å². The number of anilines is 4. The molecule has 5 aromatic rings. The molecule has 4 aromatic carbocycles. The third-order valence-electron chi connectivity index (χ3n) is 5.20. The predicted molar refractivity (Wildman–Crippen MR) is 147 cm³/mol. The second-order valence-electron chi connectivity index (χ2n) is 7.66. The van der Waals surface area contributed by atoms with Gasteiger partial charge < -0.3 is 10.2 Å². The lowest BCUT2D eigenvalue weighted by molar-refractivity contribution is -0.113. The van der Waals surface area contributed by atoms with Crippen LogP contribution in [-0.2, 0) is 4.79 Å². The molecule has 1 aromatic heterocycles. The summed E-state index contributed by atoms with van der Waals surface area (Å²) in [5.74, 6) is 0.163. The third kappa shape index (κ3) is 5.76. The largest absolute Gasteiger partial charge is 0.325 e. The number of benzene rings is 4. The van der Waals surface area contributed by atoms with Crippen LogP contribution in [0.1, 0.15) is 0 Å². The fourth-order valence-corrected chi connectivity index (χ4v) is 5.34. The number of carbonyl (C=O) groups excluding carboxylic acids is 1. The van der Waals surface area contributed by atoms with Crippen LogP contribution in [0, 0.1) is 0 Å². The van der Waals surface area contributed by atoms with Crippen LogP contribution in [0.2, 0.25) is 0 Å². The Morgan fingerprint density at radius 2 is 1.31 bits per heavy atom. The van der Waals surface area contributed by atoms with Crippen molar-refractivity contribution in [2.45, 2.75) is 5.16 Å². The summed E-state index contributed by atoms with van der Waals surface area (Å²) in [6.45, 7) is 0. The van der Waals surface area contributed by atoms with Crippen molar-refractivity contribution in [3.63, 3.8) is 0 Å². The van der Waals surface area contributed by atoms with E-state index < -0.39 is 0 Å². The monoisotopic (exact) mass is 510 g/mol. The van der Waals surface area contributed by atoms with Crippen molar-refractivity contribution in [2.24, 2.45) is 0 Å². The minimum absolute atomic E-state index is 0.0954. The normalized spacial score (nSPS) is 10.7. The van der Waals surface area contributed by atoms with Crippen molar-refractivity contribution < 1.29 is 4.79 Å². The van der Waals surface area contributed by atoms with Crippen molar-refractivity contribution in [3.05, 3.63) is 115 Å². The molecule has 0 aliphatic carbocycles. The Hall–Kier alpha value is -4.08. The highest BCUT2D eigenvalue weighted by atomic mass is 33.1. The first kappa shape index (κ1) is 23.7. The van der Waals surface area contributed by atoms with Crippen LogP contribution < -0.4 is 10.2 Å². The molecule has 0 bridgehead atoms. The van der Waals surface area contributed by atoms with Gasteiger partial charge in [0, 0.05) is 22.7 Å². The van der Waals surface area contributed by atoms with Crippen LogP contribution in [-0.4, -0.2) is 31.9 Å². The van der Waals surface area contributed by atoms with Gasteiger partial charge in [0.1, 0.15) is 0 Å². The molecule has 0 fully saturated rings. The number of carbonyl (C=O) groups is 1. The average Bonchev–Trinajstić information content (AvgIpc) is 3.40. The van der Waals surface area contributed by atoms with Crippen LogP contribution in [0.25, 0.3) is 5.69 Å². The molecule has 36 heavy (non-hydrogen) atoms. The van der Waals surface area contributed by atoms with E-state index in [9.17, 15) is 4.79 Å². The minimum atomic E-state index is -0.0954. The lowest BCUT2D eigenvalue weighted by Gasteiger charge is -2.25. The summed E-state index contributed by atoms with van der Waals surface area (Å²) in [5, 5.41) is 15.4. The Labute approximate surface area is 216 Å². The first-order chi connectivity index (χ1) is 17.8. The second-order valence-corrected chi connectivity index (χ2v) is 9.92. The van der Waals surface area contributed by atoms with Gasteiger partial charge in [-0.05, 0) is 81.9 Å². The fourth-order valence-electron chi connectivity index (χ4n) is 3.59. The van der Waals surface area contributed by atoms with E-state index in [1.54, 1.807) is 4.68 Å². The molecule has 1 N–H and O–H groups in total. The number of hydrogen-bond donors (Lipinski definition) is 1. The van der Waals surface area contributed by atoms with Gasteiger partial charge in [-0.3, -0.25) is 4.79 Å². The number of amides is 1. The third-order valence-corrected chi connectivity index (χ3v) is 7.26. The molecule has 7 nitrogen and oxygen atoms in total. The summed E-state index contributed by atoms with van der Waals surface area (Å²) in [5.41, 5.74) is 4.74. The molecule has 0 radical (unpaired) electrons. The summed E-state index contributed by atoms with van der Waals surface area (Å²) in [6, 6.07) is 37.9. The number of nitrogens with zero attached hydrogens (tertiary/aromatic N) is 5. The second kappa shape index (κ2) is 11.6. The van der Waals surface area contributed by atoms with Crippen molar-refractivity contribution in [1.82, 2.24) is 20.2 Å². The Balaban J connectivity index is 1.21. The topological polar surface area (TPSA) is 75.9 Å². The van der Waals surface area contributed by atoms with Crippen molar-refractivity contribution >= 4 is 50.2 Å². The van der Waals surface area contributed by atoms with E-state index in [4.69, 9.17) is 0 Å².